The zero-order valence-corrected chi connectivity index (χ0v) is 19.2. The van der Waals surface area contributed by atoms with Crippen LogP contribution in [-0.2, 0) is 0 Å². The molecule has 1 aliphatic rings. The predicted octanol–water partition coefficient (Wildman–Crippen LogP) is 5.18. The molecule has 1 saturated heterocycles. The SMILES string of the molecule is CCC1CCN(C)CC1.Cc1nc2cc(NC(=O)c3nnc(-c4ccccc4)o3)ccc2o1. The highest BCUT2D eigenvalue weighted by molar-refractivity contribution is 6.01. The lowest BCUT2D eigenvalue weighted by Crippen LogP contribution is -2.29. The molecule has 1 aliphatic heterocycles. The van der Waals surface area contributed by atoms with Crippen molar-refractivity contribution in [3.8, 4) is 11.5 Å². The summed E-state index contributed by atoms with van der Waals surface area (Å²) in [6.45, 7) is 6.70. The Morgan fingerprint density at radius 3 is 2.58 bits per heavy atom. The number of fused-ring (bicyclic) bond motifs is 1. The van der Waals surface area contributed by atoms with E-state index in [1.807, 2.05) is 30.3 Å². The second-order valence-corrected chi connectivity index (χ2v) is 8.30. The van der Waals surface area contributed by atoms with Crippen LogP contribution in [0.5, 0.6) is 0 Å². The molecule has 5 rings (SSSR count). The number of oxazole rings is 1. The van der Waals surface area contributed by atoms with Crippen molar-refractivity contribution in [1.29, 1.82) is 0 Å². The summed E-state index contributed by atoms with van der Waals surface area (Å²) in [6.07, 6.45) is 4.23. The van der Waals surface area contributed by atoms with Gasteiger partial charge in [-0.1, -0.05) is 31.5 Å². The van der Waals surface area contributed by atoms with E-state index in [0.717, 1.165) is 11.5 Å². The van der Waals surface area contributed by atoms with Gasteiger partial charge in [-0.25, -0.2) is 4.98 Å². The molecule has 33 heavy (non-hydrogen) atoms. The maximum Gasteiger partial charge on any atom is 0.313 e. The molecule has 0 radical (unpaired) electrons. The second kappa shape index (κ2) is 10.4. The third kappa shape index (κ3) is 5.84. The molecule has 172 valence electrons. The Morgan fingerprint density at radius 1 is 1.09 bits per heavy atom. The Labute approximate surface area is 193 Å². The number of carbonyl (C=O) groups excluding carboxylic acids is 1. The van der Waals surface area contributed by atoms with E-state index in [4.69, 9.17) is 8.83 Å². The predicted molar refractivity (Wildman–Crippen MR) is 127 cm³/mol. The van der Waals surface area contributed by atoms with Crippen LogP contribution in [-0.4, -0.2) is 46.1 Å². The number of aryl methyl sites for hydroxylation is 1. The van der Waals surface area contributed by atoms with Crippen molar-refractivity contribution >= 4 is 22.7 Å². The van der Waals surface area contributed by atoms with Crippen LogP contribution < -0.4 is 5.32 Å². The zero-order chi connectivity index (χ0) is 23.2. The number of hydrogen-bond donors (Lipinski definition) is 1. The molecule has 0 atom stereocenters. The number of benzene rings is 2. The van der Waals surface area contributed by atoms with E-state index in [-0.39, 0.29) is 5.89 Å². The summed E-state index contributed by atoms with van der Waals surface area (Å²) in [4.78, 5) is 18.9. The van der Waals surface area contributed by atoms with E-state index < -0.39 is 5.91 Å². The molecule has 0 spiro atoms. The average molecular weight is 448 g/mol. The van der Waals surface area contributed by atoms with E-state index in [0.29, 0.717) is 28.6 Å². The number of carbonyl (C=O) groups is 1. The van der Waals surface area contributed by atoms with Crippen molar-refractivity contribution in [2.45, 2.75) is 33.1 Å². The van der Waals surface area contributed by atoms with Gasteiger partial charge in [0.1, 0.15) is 5.52 Å². The van der Waals surface area contributed by atoms with E-state index in [9.17, 15) is 4.79 Å². The van der Waals surface area contributed by atoms with Gasteiger partial charge >= 0.3 is 11.8 Å². The molecule has 1 N–H and O–H groups in total. The van der Waals surface area contributed by atoms with Gasteiger partial charge in [-0.15, -0.1) is 10.2 Å². The zero-order valence-electron chi connectivity index (χ0n) is 19.2. The molecule has 4 aromatic rings. The van der Waals surface area contributed by atoms with Gasteiger partial charge in [0.2, 0.25) is 5.89 Å². The summed E-state index contributed by atoms with van der Waals surface area (Å²) in [5.74, 6) is 1.30. The number of amides is 1. The van der Waals surface area contributed by atoms with Crippen molar-refractivity contribution in [2.75, 3.05) is 25.5 Å². The van der Waals surface area contributed by atoms with Gasteiger partial charge in [0, 0.05) is 18.2 Å². The van der Waals surface area contributed by atoms with Crippen LogP contribution >= 0.6 is 0 Å². The highest BCUT2D eigenvalue weighted by Crippen LogP contribution is 2.21. The van der Waals surface area contributed by atoms with Crippen LogP contribution in [0.1, 0.15) is 42.8 Å². The molecule has 0 unspecified atom stereocenters. The Kier molecular flexibility index (Phi) is 7.14. The minimum Gasteiger partial charge on any atom is -0.441 e. The van der Waals surface area contributed by atoms with Crippen molar-refractivity contribution in [1.82, 2.24) is 20.1 Å². The van der Waals surface area contributed by atoms with E-state index in [2.05, 4.69) is 39.4 Å². The fourth-order valence-corrected chi connectivity index (χ4v) is 3.79. The van der Waals surface area contributed by atoms with Gasteiger partial charge in [-0.05, 0) is 69.2 Å². The summed E-state index contributed by atoms with van der Waals surface area (Å²) < 4.78 is 10.8. The van der Waals surface area contributed by atoms with Crippen molar-refractivity contribution in [3.05, 3.63) is 60.3 Å². The van der Waals surface area contributed by atoms with Gasteiger partial charge in [0.05, 0.1) is 0 Å². The Bertz CT molecular complexity index is 1190. The van der Waals surface area contributed by atoms with Crippen LogP contribution in [0.25, 0.3) is 22.6 Å². The number of nitrogens with one attached hydrogen (secondary N) is 1. The highest BCUT2D eigenvalue weighted by atomic mass is 16.4. The summed E-state index contributed by atoms with van der Waals surface area (Å²) in [5.41, 5.74) is 2.65. The number of piperidine rings is 1. The first kappa shape index (κ1) is 22.7. The molecule has 1 amide bonds. The molecule has 0 aliphatic carbocycles. The Hall–Kier alpha value is -3.52. The fraction of sp³-hybridized carbons (Fsp3) is 0.360. The van der Waals surface area contributed by atoms with Crippen LogP contribution in [0.4, 0.5) is 5.69 Å². The molecule has 2 aromatic carbocycles. The van der Waals surface area contributed by atoms with E-state index >= 15 is 0 Å². The average Bonchev–Trinajstić information content (AvgIpc) is 3.47. The minimum absolute atomic E-state index is 0.106. The minimum atomic E-state index is -0.482. The quantitative estimate of drug-likeness (QED) is 0.460. The lowest BCUT2D eigenvalue weighted by atomic mass is 9.95. The van der Waals surface area contributed by atoms with E-state index in [1.54, 1.807) is 25.1 Å². The van der Waals surface area contributed by atoms with Crippen molar-refractivity contribution in [2.24, 2.45) is 5.92 Å². The van der Waals surface area contributed by atoms with Gasteiger partial charge in [0.15, 0.2) is 11.5 Å². The fourth-order valence-electron chi connectivity index (χ4n) is 3.79. The van der Waals surface area contributed by atoms with Crippen LogP contribution in [0, 0.1) is 12.8 Å². The monoisotopic (exact) mass is 447 g/mol. The number of hydrogen-bond acceptors (Lipinski definition) is 7. The first-order valence-corrected chi connectivity index (χ1v) is 11.3. The van der Waals surface area contributed by atoms with Gasteiger partial charge in [-0.3, -0.25) is 4.79 Å². The second-order valence-electron chi connectivity index (χ2n) is 8.30. The smallest absolute Gasteiger partial charge is 0.313 e. The lowest BCUT2D eigenvalue weighted by molar-refractivity contribution is 0.0991. The molecule has 8 heteroatoms. The van der Waals surface area contributed by atoms with Gasteiger partial charge in [-0.2, -0.15) is 0 Å². The number of likely N-dealkylation sites (tertiary alicyclic amines) is 1. The summed E-state index contributed by atoms with van der Waals surface area (Å²) in [5, 5.41) is 10.4. The summed E-state index contributed by atoms with van der Waals surface area (Å²) >= 11 is 0. The van der Waals surface area contributed by atoms with Crippen molar-refractivity contribution in [3.63, 3.8) is 0 Å². The molecular weight excluding hydrogens is 418 g/mol. The normalized spacial score (nSPS) is 14.6. The third-order valence-electron chi connectivity index (χ3n) is 5.81. The highest BCUT2D eigenvalue weighted by Gasteiger charge is 2.17. The molecule has 2 aromatic heterocycles. The molecule has 0 bridgehead atoms. The third-order valence-corrected chi connectivity index (χ3v) is 5.81. The summed E-state index contributed by atoms with van der Waals surface area (Å²) in [6, 6.07) is 14.4. The van der Waals surface area contributed by atoms with Gasteiger partial charge in [0.25, 0.3) is 0 Å². The Morgan fingerprint density at radius 2 is 1.85 bits per heavy atom. The van der Waals surface area contributed by atoms with Crippen LogP contribution in [0.2, 0.25) is 0 Å². The summed E-state index contributed by atoms with van der Waals surface area (Å²) in [7, 11) is 2.21. The topological polar surface area (TPSA) is 97.3 Å². The Balaban J connectivity index is 0.000000243. The number of aromatic nitrogens is 3. The molecule has 0 saturated carbocycles. The number of rotatable bonds is 4. The maximum absolute atomic E-state index is 12.2. The first-order valence-electron chi connectivity index (χ1n) is 11.3. The molecule has 1 fully saturated rings. The maximum atomic E-state index is 12.2. The van der Waals surface area contributed by atoms with Crippen LogP contribution in [0.15, 0.2) is 57.4 Å². The van der Waals surface area contributed by atoms with Crippen LogP contribution in [0.3, 0.4) is 0 Å². The first-order chi connectivity index (χ1) is 16.0. The number of anilines is 1. The van der Waals surface area contributed by atoms with Gasteiger partial charge < -0.3 is 19.1 Å². The largest absolute Gasteiger partial charge is 0.441 e. The lowest BCUT2D eigenvalue weighted by Gasteiger charge is -2.27. The van der Waals surface area contributed by atoms with Crippen molar-refractivity contribution < 1.29 is 13.6 Å². The van der Waals surface area contributed by atoms with E-state index in [1.165, 1.54) is 32.4 Å². The molecule has 8 nitrogen and oxygen atoms in total. The molecule has 3 heterocycles. The number of nitrogens with zero attached hydrogens (tertiary/aromatic N) is 4. The molecular formula is C25H29N5O3. The standard InChI is InChI=1S/C17H12N4O3.C8H17N/c1-10-18-13-9-12(7-8-14(13)23-10)19-15(22)17-21-20-16(24-17)11-5-3-2-4-6-11;1-3-8-4-6-9(2)7-5-8/h2-9H,1H3,(H,19,22);8H,3-7H2,1-2H3.